The zero-order valence-electron chi connectivity index (χ0n) is 18.5. The number of fused-ring (bicyclic) bond motifs is 3. The number of carbonyl (C=O) groups is 3. The van der Waals surface area contributed by atoms with Gasteiger partial charge in [0.25, 0.3) is 0 Å². The number of carboxylic acid groups (broad SMARTS) is 2. The molecular formula is C24H31NO7. The number of carbonyl (C=O) groups excluding carboxylic acids is 1. The highest BCUT2D eigenvalue weighted by Gasteiger charge is 2.83. The van der Waals surface area contributed by atoms with Gasteiger partial charge in [-0.1, -0.05) is 13.8 Å². The molecule has 3 N–H and O–H groups in total. The number of aliphatic hydroxyl groups is 1. The van der Waals surface area contributed by atoms with E-state index in [0.717, 1.165) is 0 Å². The van der Waals surface area contributed by atoms with Crippen molar-refractivity contribution in [3.8, 4) is 6.07 Å². The number of ether oxygens (including phenoxy) is 1. The number of aliphatic carboxylic acids is 2. The molecule has 174 valence electrons. The summed E-state index contributed by atoms with van der Waals surface area (Å²) in [4.78, 5) is 36.2. The van der Waals surface area contributed by atoms with Gasteiger partial charge in [0.1, 0.15) is 17.3 Å². The van der Waals surface area contributed by atoms with Crippen molar-refractivity contribution >= 4 is 17.7 Å². The summed E-state index contributed by atoms with van der Waals surface area (Å²) in [5.41, 5.74) is -2.97. The van der Waals surface area contributed by atoms with Crippen molar-refractivity contribution in [1.82, 2.24) is 0 Å². The summed E-state index contributed by atoms with van der Waals surface area (Å²) in [7, 11) is 0. The van der Waals surface area contributed by atoms with Gasteiger partial charge < -0.3 is 20.1 Å². The highest BCUT2D eigenvalue weighted by atomic mass is 16.6. The lowest BCUT2D eigenvalue weighted by molar-refractivity contribution is -0.180. The first-order valence-electron chi connectivity index (χ1n) is 11.7. The minimum atomic E-state index is -1.17. The Labute approximate surface area is 186 Å². The average molecular weight is 446 g/mol. The molecule has 5 aliphatic rings. The van der Waals surface area contributed by atoms with E-state index < -0.39 is 45.8 Å². The Kier molecular flexibility index (Phi) is 4.47. The molecule has 3 unspecified atom stereocenters. The minimum absolute atomic E-state index is 0.101. The lowest BCUT2D eigenvalue weighted by Gasteiger charge is -2.60. The van der Waals surface area contributed by atoms with Gasteiger partial charge in [-0.2, -0.15) is 5.26 Å². The number of carboxylic acids is 2. The van der Waals surface area contributed by atoms with Crippen molar-refractivity contribution in [2.24, 2.45) is 40.4 Å². The van der Waals surface area contributed by atoms with E-state index in [4.69, 9.17) is 4.74 Å². The molecule has 4 aliphatic carbocycles. The van der Waals surface area contributed by atoms with E-state index in [1.54, 1.807) is 0 Å². The molecule has 0 radical (unpaired) electrons. The molecule has 0 aromatic carbocycles. The van der Waals surface area contributed by atoms with Crippen molar-refractivity contribution < 1.29 is 34.4 Å². The van der Waals surface area contributed by atoms with Crippen LogP contribution in [0.1, 0.15) is 65.2 Å². The second kappa shape index (κ2) is 6.54. The summed E-state index contributed by atoms with van der Waals surface area (Å²) in [6.45, 7) is 4.06. The summed E-state index contributed by atoms with van der Waals surface area (Å²) >= 11 is 0. The Balaban J connectivity index is 1.57. The molecule has 8 heteroatoms. The molecule has 1 aliphatic heterocycles. The maximum atomic E-state index is 12.5. The van der Waals surface area contributed by atoms with Gasteiger partial charge in [0.2, 0.25) is 0 Å². The number of ketones is 1. The quantitative estimate of drug-likeness (QED) is 0.559. The highest BCUT2D eigenvalue weighted by molar-refractivity contribution is 5.85. The van der Waals surface area contributed by atoms with Crippen LogP contribution < -0.4 is 0 Å². The van der Waals surface area contributed by atoms with Gasteiger partial charge in [-0.3, -0.25) is 14.4 Å². The van der Waals surface area contributed by atoms with Crippen LogP contribution in [0.2, 0.25) is 0 Å². The highest BCUT2D eigenvalue weighted by Crippen LogP contribution is 2.78. The summed E-state index contributed by atoms with van der Waals surface area (Å²) < 4.78 is 6.46. The largest absolute Gasteiger partial charge is 0.481 e. The van der Waals surface area contributed by atoms with E-state index in [1.807, 2.05) is 6.92 Å². The second-order valence-corrected chi connectivity index (χ2v) is 11.5. The number of hydrogen-bond acceptors (Lipinski definition) is 6. The van der Waals surface area contributed by atoms with Gasteiger partial charge in [-0.25, -0.2) is 0 Å². The Hall–Kier alpha value is -1.98. The van der Waals surface area contributed by atoms with E-state index in [9.17, 15) is 35.0 Å². The number of nitriles is 1. The van der Waals surface area contributed by atoms with Crippen LogP contribution in [-0.4, -0.2) is 50.3 Å². The van der Waals surface area contributed by atoms with Gasteiger partial charge >= 0.3 is 11.9 Å². The van der Waals surface area contributed by atoms with Crippen LogP contribution in [0, 0.1) is 51.8 Å². The molecule has 1 saturated heterocycles. The molecule has 1 heterocycles. The van der Waals surface area contributed by atoms with Gasteiger partial charge in [-0.05, 0) is 50.4 Å². The maximum Gasteiger partial charge on any atom is 0.306 e. The van der Waals surface area contributed by atoms with Crippen molar-refractivity contribution in [1.29, 1.82) is 5.26 Å². The molecule has 8 nitrogen and oxygen atoms in total. The first-order chi connectivity index (χ1) is 14.9. The zero-order chi connectivity index (χ0) is 23.3. The number of epoxide rings is 1. The van der Waals surface area contributed by atoms with Crippen molar-refractivity contribution in [3.63, 3.8) is 0 Å². The SMILES string of the molecule is C[C@]12CC(C#N)C(=O)CC1C[C@@H](C(=O)O)[C@H]1[C@@H]3CC[C@](O)(CCC(=O)O)[C@@]3(C)C[C@H]3OC132. The van der Waals surface area contributed by atoms with Gasteiger partial charge in [0.05, 0.1) is 23.7 Å². The molecule has 1 spiro atoms. The van der Waals surface area contributed by atoms with E-state index in [-0.39, 0.29) is 48.9 Å². The number of nitrogens with zero attached hydrogens (tertiary/aromatic N) is 1. The molecule has 0 amide bonds. The fraction of sp³-hybridized carbons (Fsp3) is 0.833. The van der Waals surface area contributed by atoms with Crippen LogP contribution >= 0.6 is 0 Å². The average Bonchev–Trinajstić information content (AvgIpc) is 3.38. The summed E-state index contributed by atoms with van der Waals surface area (Å²) in [5.74, 6) is -3.91. The first-order valence-corrected chi connectivity index (χ1v) is 11.7. The van der Waals surface area contributed by atoms with Crippen LogP contribution in [0.5, 0.6) is 0 Å². The fourth-order valence-corrected chi connectivity index (χ4v) is 8.78. The third kappa shape index (κ3) is 2.47. The Bertz CT molecular complexity index is 943. The normalized spacial score (nSPS) is 53.2. The molecule has 32 heavy (non-hydrogen) atoms. The molecule has 10 atom stereocenters. The van der Waals surface area contributed by atoms with E-state index in [2.05, 4.69) is 13.0 Å². The molecule has 5 fully saturated rings. The van der Waals surface area contributed by atoms with Crippen molar-refractivity contribution in [2.45, 2.75) is 82.5 Å². The van der Waals surface area contributed by atoms with Crippen LogP contribution in [-0.2, 0) is 19.1 Å². The fourth-order valence-electron chi connectivity index (χ4n) is 8.78. The van der Waals surface area contributed by atoms with Crippen LogP contribution in [0.15, 0.2) is 0 Å². The topological polar surface area (TPSA) is 148 Å². The predicted molar refractivity (Wildman–Crippen MR) is 109 cm³/mol. The molecule has 0 aromatic rings. The van der Waals surface area contributed by atoms with Gasteiger partial charge in [0.15, 0.2) is 0 Å². The number of hydrogen-bond donors (Lipinski definition) is 3. The summed E-state index contributed by atoms with van der Waals surface area (Å²) in [6, 6.07) is 2.15. The van der Waals surface area contributed by atoms with E-state index >= 15 is 0 Å². The summed E-state index contributed by atoms with van der Waals surface area (Å²) in [6.07, 6.45) is 2.37. The van der Waals surface area contributed by atoms with E-state index in [1.165, 1.54) is 0 Å². The number of Topliss-reactive ketones (excluding diaryl/α,β-unsaturated/α-hetero) is 1. The minimum Gasteiger partial charge on any atom is -0.481 e. The lowest BCUT2D eigenvalue weighted by atomic mass is 9.41. The van der Waals surface area contributed by atoms with Crippen LogP contribution in [0.25, 0.3) is 0 Å². The molecular weight excluding hydrogens is 414 g/mol. The molecule has 5 rings (SSSR count). The molecule has 4 saturated carbocycles. The third-order valence-electron chi connectivity index (χ3n) is 10.5. The summed E-state index contributed by atoms with van der Waals surface area (Å²) in [5, 5.41) is 40.6. The molecule has 0 bridgehead atoms. The maximum absolute atomic E-state index is 12.5. The Morgan fingerprint density at radius 2 is 1.94 bits per heavy atom. The van der Waals surface area contributed by atoms with Crippen LogP contribution in [0.4, 0.5) is 0 Å². The second-order valence-electron chi connectivity index (χ2n) is 11.5. The van der Waals surface area contributed by atoms with Gasteiger partial charge in [0, 0.05) is 29.6 Å². The lowest BCUT2D eigenvalue weighted by Crippen LogP contribution is -2.66. The van der Waals surface area contributed by atoms with Gasteiger partial charge in [-0.15, -0.1) is 0 Å². The standard InChI is InChI=1S/C24H31NO7/c1-21-9-12(11-25)16(26)8-13(21)7-14(20(29)30)19-15-3-5-23(31,6-4-18(27)28)22(15,2)10-17-24(19,21)32-17/h12-15,17,19,31H,3-10H2,1-2H3,(H,27,28)(H,29,30)/t12?,13?,14-,15+,17-,19+,21+,22+,23+,24?/m1/s1. The first kappa shape index (κ1) is 21.8. The van der Waals surface area contributed by atoms with E-state index in [0.29, 0.717) is 32.1 Å². The predicted octanol–water partition coefficient (Wildman–Crippen LogP) is 2.39. The third-order valence-corrected chi connectivity index (χ3v) is 10.5. The zero-order valence-corrected chi connectivity index (χ0v) is 18.5. The Morgan fingerprint density at radius 3 is 2.56 bits per heavy atom. The van der Waals surface area contributed by atoms with Crippen LogP contribution in [0.3, 0.4) is 0 Å². The number of rotatable bonds is 4. The Morgan fingerprint density at radius 1 is 1.22 bits per heavy atom. The molecule has 0 aromatic heterocycles. The monoisotopic (exact) mass is 445 g/mol. The smallest absolute Gasteiger partial charge is 0.306 e. The van der Waals surface area contributed by atoms with Crippen molar-refractivity contribution in [2.75, 3.05) is 0 Å². The van der Waals surface area contributed by atoms with Crippen molar-refractivity contribution in [3.05, 3.63) is 0 Å².